The molecule has 0 spiro atoms. The van der Waals surface area contributed by atoms with Crippen molar-refractivity contribution in [1.82, 2.24) is 9.62 Å². The van der Waals surface area contributed by atoms with E-state index >= 15 is 0 Å². The highest BCUT2D eigenvalue weighted by Crippen LogP contribution is 2.33. The maximum Gasteiger partial charge on any atom is 0.416 e. The normalized spacial score (nSPS) is 16.4. The Morgan fingerprint density at radius 2 is 1.36 bits per heavy atom. The third kappa shape index (κ3) is 5.14. The van der Waals surface area contributed by atoms with Crippen LogP contribution in [0.1, 0.15) is 31.8 Å². The fourth-order valence-electron chi connectivity index (χ4n) is 4.74. The van der Waals surface area contributed by atoms with E-state index in [-0.39, 0.29) is 53.6 Å². The van der Waals surface area contributed by atoms with Gasteiger partial charge in [-0.25, -0.2) is 8.42 Å². The summed E-state index contributed by atoms with van der Waals surface area (Å²) in [4.78, 5) is 30.4. The van der Waals surface area contributed by atoms with Crippen LogP contribution < -0.4 is 9.62 Å². The van der Waals surface area contributed by atoms with Crippen LogP contribution in [-0.2, 0) is 16.2 Å². The lowest BCUT2D eigenvalue weighted by molar-refractivity contribution is -0.137. The molecule has 0 unspecified atom stereocenters. The first-order chi connectivity index (χ1) is 18.5. The molecule has 0 amide bonds. The van der Waals surface area contributed by atoms with E-state index in [0.29, 0.717) is 5.69 Å². The SMILES string of the molecule is Cc1ccc(S(=O)(=O)NC2=C(N3CCN(c4cccc(C(F)(F)F)c4)CC3)C(=O)c3ccccc3C2=O)cc1. The lowest BCUT2D eigenvalue weighted by atomic mass is 9.89. The van der Waals surface area contributed by atoms with E-state index in [2.05, 4.69) is 4.72 Å². The van der Waals surface area contributed by atoms with Crippen molar-refractivity contribution in [2.75, 3.05) is 31.1 Å². The van der Waals surface area contributed by atoms with Crippen LogP contribution in [0.4, 0.5) is 18.9 Å². The van der Waals surface area contributed by atoms with Gasteiger partial charge in [-0.1, -0.05) is 48.0 Å². The van der Waals surface area contributed by atoms with Crippen LogP contribution in [0.2, 0.25) is 0 Å². The maximum atomic E-state index is 13.6. The number of halogens is 3. The average Bonchev–Trinajstić information content (AvgIpc) is 2.92. The van der Waals surface area contributed by atoms with Gasteiger partial charge in [0.2, 0.25) is 11.6 Å². The van der Waals surface area contributed by atoms with E-state index in [4.69, 9.17) is 0 Å². The van der Waals surface area contributed by atoms with Gasteiger partial charge in [0, 0.05) is 43.0 Å². The van der Waals surface area contributed by atoms with Crippen molar-refractivity contribution in [2.24, 2.45) is 0 Å². The van der Waals surface area contributed by atoms with E-state index in [1.165, 1.54) is 30.3 Å². The minimum atomic E-state index is -4.48. The smallest absolute Gasteiger partial charge is 0.368 e. The molecule has 1 heterocycles. The molecule has 0 saturated carbocycles. The maximum absolute atomic E-state index is 13.6. The van der Waals surface area contributed by atoms with Crippen LogP contribution >= 0.6 is 0 Å². The number of ketones is 2. The minimum absolute atomic E-state index is 0.0616. The summed E-state index contributed by atoms with van der Waals surface area (Å²) in [5, 5.41) is 0. The zero-order valence-corrected chi connectivity index (χ0v) is 21.6. The van der Waals surface area contributed by atoms with Gasteiger partial charge in [0.1, 0.15) is 11.4 Å². The number of piperazine rings is 1. The van der Waals surface area contributed by atoms with E-state index in [0.717, 1.165) is 17.7 Å². The Kier molecular flexibility index (Phi) is 6.71. The van der Waals surface area contributed by atoms with Crippen LogP contribution in [0.15, 0.2) is 89.1 Å². The summed E-state index contributed by atoms with van der Waals surface area (Å²) in [5.74, 6) is -1.13. The number of sulfonamides is 1. The zero-order valence-electron chi connectivity index (χ0n) is 20.8. The van der Waals surface area contributed by atoms with Gasteiger partial charge in [-0.3, -0.25) is 14.3 Å². The number of carbonyl (C=O) groups excluding carboxylic acids is 2. The number of allylic oxidation sites excluding steroid dienone is 2. The number of benzene rings is 3. The third-order valence-corrected chi connectivity index (χ3v) is 8.16. The third-order valence-electron chi connectivity index (χ3n) is 6.80. The lowest BCUT2D eigenvalue weighted by Crippen LogP contribution is -2.49. The Morgan fingerprint density at radius 3 is 1.97 bits per heavy atom. The van der Waals surface area contributed by atoms with Crippen molar-refractivity contribution in [1.29, 1.82) is 0 Å². The van der Waals surface area contributed by atoms with Crippen molar-refractivity contribution < 1.29 is 31.2 Å². The number of fused-ring (bicyclic) bond motifs is 1. The molecule has 1 N–H and O–H groups in total. The zero-order chi connectivity index (χ0) is 27.9. The predicted molar refractivity (Wildman–Crippen MR) is 139 cm³/mol. The summed E-state index contributed by atoms with van der Waals surface area (Å²) < 4.78 is 68.4. The van der Waals surface area contributed by atoms with Gasteiger partial charge in [0.05, 0.1) is 10.5 Å². The van der Waals surface area contributed by atoms with E-state index in [1.807, 2.05) is 6.92 Å². The number of aryl methyl sites for hydroxylation is 1. The monoisotopic (exact) mass is 555 g/mol. The number of carbonyl (C=O) groups is 2. The van der Waals surface area contributed by atoms with E-state index in [9.17, 15) is 31.2 Å². The van der Waals surface area contributed by atoms with Gasteiger partial charge in [-0.2, -0.15) is 13.2 Å². The molecule has 1 aliphatic heterocycles. The molecule has 0 radical (unpaired) electrons. The van der Waals surface area contributed by atoms with Crippen molar-refractivity contribution in [3.63, 3.8) is 0 Å². The number of Topliss-reactive ketones (excluding diaryl/α,β-unsaturated/α-hetero) is 2. The molecule has 0 atom stereocenters. The molecule has 39 heavy (non-hydrogen) atoms. The van der Waals surface area contributed by atoms with Gasteiger partial charge < -0.3 is 9.80 Å². The molecular weight excluding hydrogens is 531 g/mol. The second kappa shape index (κ2) is 9.88. The summed E-state index contributed by atoms with van der Waals surface area (Å²) in [5.41, 5.74) is 0.319. The molecule has 0 aromatic heterocycles. The minimum Gasteiger partial charge on any atom is -0.368 e. The Bertz CT molecular complexity index is 1590. The van der Waals surface area contributed by atoms with Crippen LogP contribution in [0.5, 0.6) is 0 Å². The van der Waals surface area contributed by atoms with Crippen LogP contribution in [0.25, 0.3) is 0 Å². The summed E-state index contributed by atoms with van der Waals surface area (Å²) in [6.45, 7) is 2.69. The quantitative estimate of drug-likeness (QED) is 0.502. The molecule has 1 fully saturated rings. The summed E-state index contributed by atoms with van der Waals surface area (Å²) in [7, 11) is -4.20. The first kappa shape index (κ1) is 26.5. The van der Waals surface area contributed by atoms with E-state index < -0.39 is 33.3 Å². The summed E-state index contributed by atoms with van der Waals surface area (Å²) in [6.07, 6.45) is -4.48. The molecule has 0 bridgehead atoms. The van der Waals surface area contributed by atoms with Gasteiger partial charge in [-0.15, -0.1) is 0 Å². The fraction of sp³-hybridized carbons (Fsp3) is 0.214. The molecule has 3 aromatic rings. The highest BCUT2D eigenvalue weighted by atomic mass is 32.2. The number of nitrogens with one attached hydrogen (secondary N) is 1. The molecule has 1 aliphatic carbocycles. The number of alkyl halides is 3. The molecule has 3 aromatic carbocycles. The highest BCUT2D eigenvalue weighted by Gasteiger charge is 2.38. The predicted octanol–water partition coefficient (Wildman–Crippen LogP) is 4.41. The van der Waals surface area contributed by atoms with Crippen molar-refractivity contribution in [3.8, 4) is 0 Å². The largest absolute Gasteiger partial charge is 0.416 e. The molecular formula is C28H24F3N3O4S. The van der Waals surface area contributed by atoms with Crippen molar-refractivity contribution in [2.45, 2.75) is 18.0 Å². The average molecular weight is 556 g/mol. The summed E-state index contributed by atoms with van der Waals surface area (Å²) in [6, 6.07) is 17.3. The van der Waals surface area contributed by atoms with Crippen LogP contribution in [0.3, 0.4) is 0 Å². The van der Waals surface area contributed by atoms with Crippen LogP contribution in [-0.4, -0.2) is 51.1 Å². The number of rotatable bonds is 5. The van der Waals surface area contributed by atoms with Crippen molar-refractivity contribution in [3.05, 3.63) is 106 Å². The lowest BCUT2D eigenvalue weighted by Gasteiger charge is -2.39. The van der Waals surface area contributed by atoms with Crippen molar-refractivity contribution >= 4 is 27.3 Å². The first-order valence-corrected chi connectivity index (χ1v) is 13.6. The van der Waals surface area contributed by atoms with E-state index in [1.54, 1.807) is 40.1 Å². The molecule has 2 aliphatic rings. The first-order valence-electron chi connectivity index (χ1n) is 12.1. The highest BCUT2D eigenvalue weighted by molar-refractivity contribution is 7.89. The molecule has 202 valence electrons. The molecule has 5 rings (SSSR count). The second-order valence-corrected chi connectivity index (χ2v) is 11.1. The number of hydrogen-bond donors (Lipinski definition) is 1. The molecule has 7 nitrogen and oxygen atoms in total. The Morgan fingerprint density at radius 1 is 0.769 bits per heavy atom. The fourth-order valence-corrected chi connectivity index (χ4v) is 5.81. The topological polar surface area (TPSA) is 86.8 Å². The Hall–Kier alpha value is -4.12. The van der Waals surface area contributed by atoms with Gasteiger partial charge >= 0.3 is 6.18 Å². The van der Waals surface area contributed by atoms with Gasteiger partial charge in [0.25, 0.3) is 10.0 Å². The van der Waals surface area contributed by atoms with Crippen LogP contribution in [0, 0.1) is 6.92 Å². The standard InChI is InChI=1S/C28H24F3N3O4S/c1-18-9-11-21(12-10-18)39(37,38)32-24-25(27(36)23-8-3-2-7-22(23)26(24)35)34-15-13-33(14-16-34)20-6-4-5-19(17-20)28(29,30)31/h2-12,17,32H,13-16H2,1H3. The number of hydrogen-bond acceptors (Lipinski definition) is 6. The van der Waals surface area contributed by atoms with Gasteiger partial charge in [-0.05, 0) is 37.3 Å². The number of nitrogens with zero attached hydrogens (tertiary/aromatic N) is 2. The molecule has 1 saturated heterocycles. The Balaban J connectivity index is 1.48. The summed E-state index contributed by atoms with van der Waals surface area (Å²) >= 11 is 0. The second-order valence-electron chi connectivity index (χ2n) is 9.37. The van der Waals surface area contributed by atoms with Gasteiger partial charge in [0.15, 0.2) is 0 Å². The Labute approximate surface area is 223 Å². The number of anilines is 1. The molecule has 11 heteroatoms.